The van der Waals surface area contributed by atoms with Crippen LogP contribution in [0.15, 0.2) is 30.3 Å². The first-order chi connectivity index (χ1) is 9.70. The van der Waals surface area contributed by atoms with Gasteiger partial charge in [-0.1, -0.05) is 31.0 Å². The monoisotopic (exact) mass is 273 g/mol. The van der Waals surface area contributed by atoms with Crippen molar-refractivity contribution in [3.8, 4) is 0 Å². The molecule has 1 aliphatic heterocycles. The molecule has 1 saturated carbocycles. The summed E-state index contributed by atoms with van der Waals surface area (Å²) in [4.78, 5) is 17.1. The van der Waals surface area contributed by atoms with Gasteiger partial charge >= 0.3 is 6.03 Å². The van der Waals surface area contributed by atoms with Crippen LogP contribution in [0, 0.1) is 0 Å². The van der Waals surface area contributed by atoms with Gasteiger partial charge in [0.15, 0.2) is 0 Å². The first-order valence-corrected chi connectivity index (χ1v) is 7.52. The summed E-state index contributed by atoms with van der Waals surface area (Å²) >= 11 is 0. The quantitative estimate of drug-likeness (QED) is 0.854. The zero-order chi connectivity index (χ0) is 14.0. The van der Waals surface area contributed by atoms with E-state index in [2.05, 4.69) is 22.2 Å². The summed E-state index contributed by atoms with van der Waals surface area (Å²) in [7, 11) is 2.16. The molecule has 4 heteroatoms. The number of anilines is 1. The van der Waals surface area contributed by atoms with Gasteiger partial charge in [-0.15, -0.1) is 0 Å². The van der Waals surface area contributed by atoms with Crippen LogP contribution in [0.2, 0.25) is 0 Å². The van der Waals surface area contributed by atoms with Gasteiger partial charge in [0, 0.05) is 25.3 Å². The number of rotatable bonds is 1. The average molecular weight is 273 g/mol. The number of carbonyl (C=O) groups excluding carboxylic acids is 1. The Hall–Kier alpha value is -1.55. The molecule has 2 aliphatic rings. The van der Waals surface area contributed by atoms with Crippen molar-refractivity contribution in [2.45, 2.75) is 31.2 Å². The molecule has 0 atom stereocenters. The summed E-state index contributed by atoms with van der Waals surface area (Å²) < 4.78 is 0. The van der Waals surface area contributed by atoms with E-state index in [1.54, 1.807) is 0 Å². The van der Waals surface area contributed by atoms with Crippen LogP contribution in [-0.2, 0) is 0 Å². The van der Waals surface area contributed by atoms with Gasteiger partial charge in [-0.3, -0.25) is 0 Å². The number of carbonyl (C=O) groups is 1. The van der Waals surface area contributed by atoms with Crippen LogP contribution in [0.3, 0.4) is 0 Å². The van der Waals surface area contributed by atoms with Gasteiger partial charge in [-0.25, -0.2) is 4.79 Å². The maximum atomic E-state index is 12.6. The molecule has 4 nitrogen and oxygen atoms in total. The molecular formula is C16H23N3O. The molecule has 1 saturated heterocycles. The van der Waals surface area contributed by atoms with Crippen LogP contribution in [0.4, 0.5) is 10.5 Å². The Morgan fingerprint density at radius 2 is 1.85 bits per heavy atom. The maximum Gasteiger partial charge on any atom is 0.322 e. The molecule has 0 aromatic heterocycles. The third-order valence-electron chi connectivity index (χ3n) is 4.65. The number of nitrogens with one attached hydrogen (secondary N) is 1. The highest BCUT2D eigenvalue weighted by Crippen LogP contribution is 2.38. The fourth-order valence-corrected chi connectivity index (χ4v) is 3.67. The molecule has 2 fully saturated rings. The second-order valence-electron chi connectivity index (χ2n) is 6.12. The van der Waals surface area contributed by atoms with E-state index in [1.807, 2.05) is 30.3 Å². The molecule has 108 valence electrons. The van der Waals surface area contributed by atoms with Crippen molar-refractivity contribution >= 4 is 11.7 Å². The Bertz CT molecular complexity index is 468. The van der Waals surface area contributed by atoms with Crippen molar-refractivity contribution in [1.82, 2.24) is 9.80 Å². The smallest absolute Gasteiger partial charge is 0.316 e. The summed E-state index contributed by atoms with van der Waals surface area (Å²) in [5.74, 6) is 0. The van der Waals surface area contributed by atoms with E-state index in [-0.39, 0.29) is 11.6 Å². The van der Waals surface area contributed by atoms with E-state index >= 15 is 0 Å². The first kappa shape index (κ1) is 13.4. The number of para-hydroxylation sites is 1. The van der Waals surface area contributed by atoms with Gasteiger partial charge in [0.2, 0.25) is 0 Å². The zero-order valence-corrected chi connectivity index (χ0v) is 12.1. The highest BCUT2D eigenvalue weighted by molar-refractivity contribution is 5.90. The third-order valence-corrected chi connectivity index (χ3v) is 4.65. The fourth-order valence-electron chi connectivity index (χ4n) is 3.67. The zero-order valence-electron chi connectivity index (χ0n) is 12.1. The summed E-state index contributed by atoms with van der Waals surface area (Å²) in [5, 5.41) is 3.05. The van der Waals surface area contributed by atoms with Gasteiger partial charge in [0.25, 0.3) is 0 Å². The fraction of sp³-hybridized carbons (Fsp3) is 0.562. The lowest BCUT2D eigenvalue weighted by Crippen LogP contribution is -2.62. The van der Waals surface area contributed by atoms with Crippen LogP contribution in [0.5, 0.6) is 0 Å². The lowest BCUT2D eigenvalue weighted by atomic mass is 9.92. The largest absolute Gasteiger partial charge is 0.322 e. The molecule has 20 heavy (non-hydrogen) atoms. The number of benzene rings is 1. The minimum Gasteiger partial charge on any atom is -0.316 e. The molecule has 0 unspecified atom stereocenters. The topological polar surface area (TPSA) is 35.6 Å². The molecule has 1 aromatic rings. The minimum absolute atomic E-state index is 0.0613. The Kier molecular flexibility index (Phi) is 3.66. The lowest BCUT2D eigenvalue weighted by Gasteiger charge is -2.48. The van der Waals surface area contributed by atoms with Gasteiger partial charge < -0.3 is 15.1 Å². The highest BCUT2D eigenvalue weighted by atomic mass is 16.2. The molecule has 0 radical (unpaired) electrons. The third kappa shape index (κ3) is 2.52. The first-order valence-electron chi connectivity index (χ1n) is 7.52. The van der Waals surface area contributed by atoms with Crippen molar-refractivity contribution in [3.05, 3.63) is 30.3 Å². The molecule has 1 aliphatic carbocycles. The number of urea groups is 1. The normalized spacial score (nSPS) is 22.1. The van der Waals surface area contributed by atoms with Crippen molar-refractivity contribution in [2.75, 3.05) is 32.0 Å². The summed E-state index contributed by atoms with van der Waals surface area (Å²) in [6, 6.07) is 9.80. The second kappa shape index (κ2) is 5.44. The molecule has 0 bridgehead atoms. The van der Waals surface area contributed by atoms with Gasteiger partial charge in [-0.05, 0) is 32.0 Å². The number of hydrogen-bond donors (Lipinski definition) is 1. The van der Waals surface area contributed by atoms with Crippen molar-refractivity contribution in [3.63, 3.8) is 0 Å². The summed E-state index contributed by atoms with van der Waals surface area (Å²) in [6.45, 7) is 2.80. The number of likely N-dealkylation sites (N-methyl/N-ethyl adjacent to an activating group) is 1. The van der Waals surface area contributed by atoms with Crippen LogP contribution in [0.25, 0.3) is 0 Å². The predicted octanol–water partition coefficient (Wildman–Crippen LogP) is 2.78. The Morgan fingerprint density at radius 3 is 2.55 bits per heavy atom. The average Bonchev–Trinajstić information content (AvgIpc) is 2.88. The van der Waals surface area contributed by atoms with E-state index in [0.29, 0.717) is 0 Å². The Labute approximate surface area is 120 Å². The maximum absolute atomic E-state index is 12.6. The number of amides is 2. The summed E-state index contributed by atoms with van der Waals surface area (Å²) in [6.07, 6.45) is 4.75. The number of nitrogens with zero attached hydrogens (tertiary/aromatic N) is 2. The van der Waals surface area contributed by atoms with Gasteiger partial charge in [0.05, 0.1) is 5.54 Å². The molecule has 3 rings (SSSR count). The molecule has 1 heterocycles. The second-order valence-corrected chi connectivity index (χ2v) is 6.12. The summed E-state index contributed by atoms with van der Waals surface area (Å²) in [5.41, 5.74) is 0.941. The van der Waals surface area contributed by atoms with E-state index in [1.165, 1.54) is 12.8 Å². The van der Waals surface area contributed by atoms with Gasteiger partial charge in [0.1, 0.15) is 0 Å². The standard InChI is InChI=1S/C16H23N3O/c1-18-11-12-19(16(13-18)9-5-6-10-16)15(20)17-14-7-3-2-4-8-14/h2-4,7-8H,5-6,9-13H2,1H3,(H,17,20). The van der Waals surface area contributed by atoms with E-state index < -0.39 is 0 Å². The lowest BCUT2D eigenvalue weighted by molar-refractivity contribution is 0.0450. The Balaban J connectivity index is 1.75. The van der Waals surface area contributed by atoms with Gasteiger partial charge in [-0.2, -0.15) is 0 Å². The van der Waals surface area contributed by atoms with Crippen molar-refractivity contribution < 1.29 is 4.79 Å². The van der Waals surface area contributed by atoms with Crippen LogP contribution in [0.1, 0.15) is 25.7 Å². The predicted molar refractivity (Wildman–Crippen MR) is 80.9 cm³/mol. The van der Waals surface area contributed by atoms with Crippen LogP contribution < -0.4 is 5.32 Å². The SMILES string of the molecule is CN1CCN(C(=O)Nc2ccccc2)C2(CCCC2)C1. The number of hydrogen-bond acceptors (Lipinski definition) is 2. The van der Waals surface area contributed by atoms with Crippen LogP contribution >= 0.6 is 0 Å². The molecule has 1 N–H and O–H groups in total. The minimum atomic E-state index is 0.0613. The van der Waals surface area contributed by atoms with E-state index in [9.17, 15) is 4.79 Å². The molecule has 2 amide bonds. The highest BCUT2D eigenvalue weighted by Gasteiger charge is 2.45. The van der Waals surface area contributed by atoms with E-state index in [4.69, 9.17) is 0 Å². The molecule has 1 spiro atoms. The van der Waals surface area contributed by atoms with Crippen molar-refractivity contribution in [2.24, 2.45) is 0 Å². The number of piperazine rings is 1. The van der Waals surface area contributed by atoms with E-state index in [0.717, 1.165) is 38.2 Å². The Morgan fingerprint density at radius 1 is 1.15 bits per heavy atom. The molecular weight excluding hydrogens is 250 g/mol. The van der Waals surface area contributed by atoms with Crippen LogP contribution in [-0.4, -0.2) is 48.1 Å². The van der Waals surface area contributed by atoms with Crippen molar-refractivity contribution in [1.29, 1.82) is 0 Å². The molecule has 1 aromatic carbocycles.